The summed E-state index contributed by atoms with van der Waals surface area (Å²) in [6.45, 7) is 4.22. The van der Waals surface area contributed by atoms with Gasteiger partial charge in [-0.05, 0) is 53.6 Å². The van der Waals surface area contributed by atoms with Crippen molar-refractivity contribution >= 4 is 44.5 Å². The van der Waals surface area contributed by atoms with Crippen molar-refractivity contribution in [2.45, 2.75) is 33.1 Å². The summed E-state index contributed by atoms with van der Waals surface area (Å²) >= 11 is 2.02. The maximum atomic E-state index is 12.2. The predicted molar refractivity (Wildman–Crippen MR) is 113 cm³/mol. The van der Waals surface area contributed by atoms with Gasteiger partial charge in [0.2, 0.25) is 5.95 Å². The lowest BCUT2D eigenvalue weighted by Crippen LogP contribution is -2.15. The summed E-state index contributed by atoms with van der Waals surface area (Å²) in [7, 11) is -3.68. The first kappa shape index (κ1) is 21.5. The van der Waals surface area contributed by atoms with Crippen molar-refractivity contribution in [1.82, 2.24) is 9.97 Å². The smallest absolute Gasteiger partial charge is 0.309 e. The van der Waals surface area contributed by atoms with Gasteiger partial charge in [0.15, 0.2) is 5.75 Å². The summed E-state index contributed by atoms with van der Waals surface area (Å²) in [6, 6.07) is 3.50. The molecule has 0 aliphatic carbocycles. The van der Waals surface area contributed by atoms with Gasteiger partial charge in [-0.3, -0.25) is 0 Å². The fourth-order valence-electron chi connectivity index (χ4n) is 2.34. The Morgan fingerprint density at radius 1 is 1.19 bits per heavy atom. The van der Waals surface area contributed by atoms with Gasteiger partial charge < -0.3 is 20.4 Å². The molecule has 1 aromatic carbocycles. The Labute approximate surface area is 172 Å². The molecule has 0 bridgehead atoms. The van der Waals surface area contributed by atoms with E-state index in [1.54, 1.807) is 12.3 Å². The van der Waals surface area contributed by atoms with Gasteiger partial charge in [-0.2, -0.15) is 13.4 Å². The zero-order chi connectivity index (χ0) is 20.0. The fourth-order valence-corrected chi connectivity index (χ4v) is 4.20. The lowest BCUT2D eigenvalue weighted by atomic mass is 10.1. The molecule has 4 N–H and O–H groups in total. The average Bonchev–Trinajstić information content (AvgIpc) is 2.59. The number of benzene rings is 1. The largest absolute Gasteiger partial charge is 0.493 e. The summed E-state index contributed by atoms with van der Waals surface area (Å²) < 4.78 is 36.0. The molecule has 2 rings (SSSR count). The molecule has 0 saturated carbocycles. The Bertz CT molecular complexity index is 906. The van der Waals surface area contributed by atoms with E-state index in [4.69, 9.17) is 20.4 Å². The van der Waals surface area contributed by atoms with Crippen molar-refractivity contribution in [3.8, 4) is 11.5 Å². The second kappa shape index (κ2) is 9.40. The summed E-state index contributed by atoms with van der Waals surface area (Å²) in [5, 5.41) is 0. The van der Waals surface area contributed by atoms with E-state index in [0.717, 1.165) is 12.0 Å². The van der Waals surface area contributed by atoms with Gasteiger partial charge in [0, 0.05) is 18.2 Å². The summed E-state index contributed by atoms with van der Waals surface area (Å²) in [5.74, 6) is 1.12. The molecule has 1 heterocycles. The van der Waals surface area contributed by atoms with E-state index in [2.05, 4.69) is 9.97 Å². The maximum Gasteiger partial charge on any atom is 0.309 e. The standard InChI is InChI=1S/C17H23IN4O4S/c1-3-5-6-27(23,24)26-14-9-11(8-13(15(14)18)25-4-2)7-12-10-21-17(20)22-16(12)19/h8-10H,3-7H2,1-2H3,(H4,19,20,21,22). The molecule has 148 valence electrons. The van der Waals surface area contributed by atoms with Gasteiger partial charge in [-0.1, -0.05) is 13.3 Å². The second-order valence-electron chi connectivity index (χ2n) is 5.85. The molecule has 10 heteroatoms. The molecule has 2 aromatic rings. The van der Waals surface area contributed by atoms with Crippen LogP contribution in [0.4, 0.5) is 11.8 Å². The van der Waals surface area contributed by atoms with Crippen LogP contribution >= 0.6 is 22.6 Å². The molecule has 8 nitrogen and oxygen atoms in total. The number of ether oxygens (including phenoxy) is 1. The molecule has 0 amide bonds. The summed E-state index contributed by atoms with van der Waals surface area (Å²) in [6.07, 6.45) is 3.24. The van der Waals surface area contributed by atoms with E-state index in [0.29, 0.717) is 34.3 Å². The van der Waals surface area contributed by atoms with E-state index in [1.807, 2.05) is 42.5 Å². The van der Waals surface area contributed by atoms with Gasteiger partial charge in [0.05, 0.1) is 15.9 Å². The van der Waals surface area contributed by atoms with Crippen LogP contribution in [0.25, 0.3) is 0 Å². The number of nitrogen functional groups attached to an aromatic ring is 2. The predicted octanol–water partition coefficient (Wildman–Crippen LogP) is 2.74. The van der Waals surface area contributed by atoms with Crippen molar-refractivity contribution in [2.24, 2.45) is 0 Å². The van der Waals surface area contributed by atoms with Crippen LogP contribution in [-0.4, -0.2) is 30.7 Å². The molecule has 0 spiro atoms. The minimum absolute atomic E-state index is 0.0352. The molecule has 0 radical (unpaired) electrons. The van der Waals surface area contributed by atoms with Crippen LogP contribution in [0.1, 0.15) is 37.8 Å². The first-order valence-corrected chi connectivity index (χ1v) is 11.2. The third-order valence-corrected chi connectivity index (χ3v) is 5.93. The Hall–Kier alpha value is -1.82. The Balaban J connectivity index is 2.39. The molecule has 1 aromatic heterocycles. The molecular formula is C17H23IN4O4S. The van der Waals surface area contributed by atoms with E-state index in [-0.39, 0.29) is 23.3 Å². The van der Waals surface area contributed by atoms with Crippen LogP contribution in [0.2, 0.25) is 0 Å². The second-order valence-corrected chi connectivity index (χ2v) is 8.62. The highest BCUT2D eigenvalue weighted by Crippen LogP contribution is 2.34. The number of unbranched alkanes of at least 4 members (excludes halogenated alkanes) is 1. The summed E-state index contributed by atoms with van der Waals surface area (Å²) in [4.78, 5) is 7.90. The average molecular weight is 506 g/mol. The third-order valence-electron chi connectivity index (χ3n) is 3.64. The van der Waals surface area contributed by atoms with Crippen molar-refractivity contribution in [1.29, 1.82) is 0 Å². The van der Waals surface area contributed by atoms with Crippen molar-refractivity contribution in [3.63, 3.8) is 0 Å². The number of nitrogens with two attached hydrogens (primary N) is 2. The van der Waals surface area contributed by atoms with Gasteiger partial charge in [0.25, 0.3) is 0 Å². The van der Waals surface area contributed by atoms with E-state index in [1.165, 1.54) is 0 Å². The lowest BCUT2D eigenvalue weighted by Gasteiger charge is -2.15. The number of aromatic nitrogens is 2. The van der Waals surface area contributed by atoms with Gasteiger partial charge in [-0.15, -0.1) is 0 Å². The SMILES string of the molecule is CCCCS(=O)(=O)Oc1cc(Cc2cnc(N)nc2N)cc(OCC)c1I. The number of hydrogen-bond donors (Lipinski definition) is 2. The number of nitrogens with zero attached hydrogens (tertiary/aromatic N) is 2. The van der Waals surface area contributed by atoms with E-state index < -0.39 is 10.1 Å². The molecule has 0 aliphatic heterocycles. The third kappa shape index (κ3) is 6.09. The first-order chi connectivity index (χ1) is 12.8. The maximum absolute atomic E-state index is 12.2. The molecule has 27 heavy (non-hydrogen) atoms. The number of halogens is 1. The fraction of sp³-hybridized carbons (Fsp3) is 0.412. The molecule has 0 unspecified atom stereocenters. The Kier molecular flexibility index (Phi) is 7.48. The van der Waals surface area contributed by atoms with Crippen LogP contribution in [0.15, 0.2) is 18.3 Å². The minimum atomic E-state index is -3.68. The van der Waals surface area contributed by atoms with Gasteiger partial charge in [-0.25, -0.2) is 4.98 Å². The molecule has 0 aliphatic rings. The van der Waals surface area contributed by atoms with E-state index in [9.17, 15) is 8.42 Å². The molecule has 0 atom stereocenters. The molecular weight excluding hydrogens is 483 g/mol. The quantitative estimate of drug-likeness (QED) is 0.392. The lowest BCUT2D eigenvalue weighted by molar-refractivity contribution is 0.336. The minimum Gasteiger partial charge on any atom is -0.493 e. The number of anilines is 2. The van der Waals surface area contributed by atoms with Crippen LogP contribution in [0, 0.1) is 3.57 Å². The number of rotatable bonds is 9. The molecule has 0 saturated heterocycles. The van der Waals surface area contributed by atoms with Gasteiger partial charge in [0.1, 0.15) is 11.6 Å². The molecule has 0 fully saturated rings. The topological polar surface area (TPSA) is 130 Å². The van der Waals surface area contributed by atoms with Crippen LogP contribution in [0.5, 0.6) is 11.5 Å². The van der Waals surface area contributed by atoms with Crippen molar-refractivity contribution < 1.29 is 17.3 Å². The Morgan fingerprint density at radius 3 is 2.52 bits per heavy atom. The van der Waals surface area contributed by atoms with Gasteiger partial charge >= 0.3 is 10.1 Å². The van der Waals surface area contributed by atoms with E-state index >= 15 is 0 Å². The highest BCUT2D eigenvalue weighted by atomic mass is 127. The normalized spacial score (nSPS) is 11.4. The highest BCUT2D eigenvalue weighted by Gasteiger charge is 2.19. The van der Waals surface area contributed by atoms with Crippen molar-refractivity contribution in [2.75, 3.05) is 23.8 Å². The highest BCUT2D eigenvalue weighted by molar-refractivity contribution is 14.1. The van der Waals surface area contributed by atoms with Crippen LogP contribution < -0.4 is 20.4 Å². The number of hydrogen-bond acceptors (Lipinski definition) is 8. The van der Waals surface area contributed by atoms with Crippen LogP contribution in [-0.2, 0) is 16.5 Å². The van der Waals surface area contributed by atoms with Crippen molar-refractivity contribution in [3.05, 3.63) is 33.0 Å². The zero-order valence-electron chi connectivity index (χ0n) is 15.2. The monoisotopic (exact) mass is 506 g/mol. The summed E-state index contributed by atoms with van der Waals surface area (Å²) in [5.41, 5.74) is 12.9. The zero-order valence-corrected chi connectivity index (χ0v) is 18.2. The first-order valence-electron chi connectivity index (χ1n) is 8.50. The Morgan fingerprint density at radius 2 is 1.89 bits per heavy atom. The van der Waals surface area contributed by atoms with Crippen LogP contribution in [0.3, 0.4) is 0 Å².